The van der Waals surface area contributed by atoms with E-state index in [9.17, 15) is 19.2 Å². The van der Waals surface area contributed by atoms with Crippen molar-refractivity contribution in [2.45, 2.75) is 11.3 Å². The van der Waals surface area contributed by atoms with Crippen LogP contribution in [0.2, 0.25) is 0 Å². The van der Waals surface area contributed by atoms with Gasteiger partial charge in [0.2, 0.25) is 5.91 Å². The lowest BCUT2D eigenvalue weighted by atomic mass is 10.1. The van der Waals surface area contributed by atoms with E-state index in [0.717, 1.165) is 10.6 Å². The first-order chi connectivity index (χ1) is 15.3. The lowest BCUT2D eigenvalue weighted by Crippen LogP contribution is -2.28. The number of amides is 3. The number of carbonyl (C=O) groups is 4. The molecule has 2 aromatic rings. The quantitative estimate of drug-likeness (QED) is 0.509. The number of nitrogens with zero attached hydrogens (tertiary/aromatic N) is 2. The average Bonchev–Trinajstić information content (AvgIpc) is 3.19. The second kappa shape index (κ2) is 10.3. The molecule has 0 bridgehead atoms. The third-order valence-corrected chi connectivity index (χ3v) is 5.75. The van der Waals surface area contributed by atoms with E-state index >= 15 is 0 Å². The minimum atomic E-state index is -0.619. The molecule has 32 heavy (non-hydrogen) atoms. The first kappa shape index (κ1) is 23.3. The highest BCUT2D eigenvalue weighted by molar-refractivity contribution is 7.98. The van der Waals surface area contributed by atoms with Gasteiger partial charge >= 0.3 is 5.97 Å². The van der Waals surface area contributed by atoms with Crippen LogP contribution in [0.15, 0.2) is 53.4 Å². The van der Waals surface area contributed by atoms with E-state index in [1.54, 1.807) is 55.0 Å². The Morgan fingerprint density at radius 1 is 1.09 bits per heavy atom. The van der Waals surface area contributed by atoms with E-state index in [1.165, 1.54) is 4.90 Å². The van der Waals surface area contributed by atoms with Crippen LogP contribution < -0.4 is 10.2 Å². The van der Waals surface area contributed by atoms with Crippen molar-refractivity contribution < 1.29 is 23.9 Å². The van der Waals surface area contributed by atoms with Crippen LogP contribution in [0.25, 0.3) is 0 Å². The predicted molar refractivity (Wildman–Crippen MR) is 123 cm³/mol. The van der Waals surface area contributed by atoms with Crippen LogP contribution in [0.4, 0.5) is 11.4 Å². The molecule has 3 amide bonds. The maximum absolute atomic E-state index is 12.4. The Labute approximate surface area is 190 Å². The summed E-state index contributed by atoms with van der Waals surface area (Å²) in [5.41, 5.74) is 1.72. The number of thioether (sulfide) groups is 1. The third kappa shape index (κ3) is 5.67. The van der Waals surface area contributed by atoms with Gasteiger partial charge in [0.05, 0.1) is 5.92 Å². The fraction of sp³-hybridized carbons (Fsp3) is 0.304. The van der Waals surface area contributed by atoms with Gasteiger partial charge in [0.15, 0.2) is 6.61 Å². The van der Waals surface area contributed by atoms with Gasteiger partial charge < -0.3 is 19.9 Å². The van der Waals surface area contributed by atoms with Crippen molar-refractivity contribution >= 4 is 46.8 Å². The second-order valence-corrected chi connectivity index (χ2v) is 8.42. The van der Waals surface area contributed by atoms with E-state index in [0.29, 0.717) is 11.3 Å². The number of nitrogens with one attached hydrogen (secondary N) is 1. The Morgan fingerprint density at radius 2 is 1.75 bits per heavy atom. The summed E-state index contributed by atoms with van der Waals surface area (Å²) in [5.74, 6) is -1.99. The predicted octanol–water partition coefficient (Wildman–Crippen LogP) is 2.65. The molecule has 1 aliphatic rings. The lowest BCUT2D eigenvalue weighted by molar-refractivity contribution is -0.151. The Morgan fingerprint density at radius 3 is 2.34 bits per heavy atom. The molecule has 0 spiro atoms. The van der Waals surface area contributed by atoms with Crippen molar-refractivity contribution in [1.29, 1.82) is 0 Å². The molecule has 168 valence electrons. The number of ether oxygens (including phenoxy) is 1. The van der Waals surface area contributed by atoms with Crippen LogP contribution in [0, 0.1) is 5.92 Å². The molecule has 0 radical (unpaired) electrons. The van der Waals surface area contributed by atoms with Crippen LogP contribution in [-0.2, 0) is 19.1 Å². The zero-order valence-electron chi connectivity index (χ0n) is 18.2. The minimum absolute atomic E-state index is 0.0477. The van der Waals surface area contributed by atoms with Gasteiger partial charge in [-0.3, -0.25) is 19.2 Å². The van der Waals surface area contributed by atoms with E-state index < -0.39 is 24.4 Å². The molecule has 9 heteroatoms. The Bertz CT molecular complexity index is 1010. The van der Waals surface area contributed by atoms with Crippen LogP contribution >= 0.6 is 11.8 Å². The van der Waals surface area contributed by atoms with Gasteiger partial charge in [-0.05, 0) is 54.8 Å². The zero-order chi connectivity index (χ0) is 23.3. The highest BCUT2D eigenvalue weighted by Gasteiger charge is 2.36. The number of benzene rings is 2. The maximum atomic E-state index is 12.4. The molecule has 0 unspecified atom stereocenters. The lowest BCUT2D eigenvalue weighted by Gasteiger charge is -2.16. The summed E-state index contributed by atoms with van der Waals surface area (Å²) in [6, 6.07) is 14.0. The first-order valence-corrected chi connectivity index (χ1v) is 11.2. The van der Waals surface area contributed by atoms with Crippen LogP contribution in [0.3, 0.4) is 0 Å². The molecule has 1 N–H and O–H groups in total. The Balaban J connectivity index is 1.49. The highest BCUT2D eigenvalue weighted by atomic mass is 32.2. The SMILES string of the molecule is CSc1ccc(N2C[C@H](C(=O)OCC(=O)Nc3ccc(C(=O)N(C)C)cc3)CC2=O)cc1. The molecule has 0 saturated carbocycles. The van der Waals surface area contributed by atoms with Crippen LogP contribution in [-0.4, -0.2) is 62.1 Å². The summed E-state index contributed by atoms with van der Waals surface area (Å²) in [6.07, 6.45) is 2.02. The molecule has 1 saturated heterocycles. The molecule has 1 fully saturated rings. The molecule has 1 atom stereocenters. The molecule has 1 heterocycles. The molecule has 1 aliphatic heterocycles. The van der Waals surface area contributed by atoms with Gasteiger partial charge in [-0.2, -0.15) is 0 Å². The van der Waals surface area contributed by atoms with Crippen LogP contribution in [0.1, 0.15) is 16.8 Å². The van der Waals surface area contributed by atoms with Crippen molar-refractivity contribution in [3.63, 3.8) is 0 Å². The number of hydrogen-bond donors (Lipinski definition) is 1. The first-order valence-electron chi connectivity index (χ1n) is 10.0. The van der Waals surface area contributed by atoms with Crippen molar-refractivity contribution in [1.82, 2.24) is 4.90 Å². The van der Waals surface area contributed by atoms with Crippen molar-refractivity contribution in [3.05, 3.63) is 54.1 Å². The summed E-state index contributed by atoms with van der Waals surface area (Å²) in [6.45, 7) is -0.233. The zero-order valence-corrected chi connectivity index (χ0v) is 19.0. The monoisotopic (exact) mass is 455 g/mol. The number of rotatable bonds is 7. The summed E-state index contributed by atoms with van der Waals surface area (Å²) < 4.78 is 5.13. The molecule has 0 aliphatic carbocycles. The summed E-state index contributed by atoms with van der Waals surface area (Å²) in [7, 11) is 3.31. The Kier molecular flexibility index (Phi) is 7.53. The van der Waals surface area contributed by atoms with Gasteiger partial charge in [0.1, 0.15) is 0 Å². The molecule has 8 nitrogen and oxygen atoms in total. The van der Waals surface area contributed by atoms with E-state index in [-0.39, 0.29) is 24.8 Å². The number of esters is 1. The maximum Gasteiger partial charge on any atom is 0.311 e. The van der Waals surface area contributed by atoms with E-state index in [2.05, 4.69) is 5.32 Å². The fourth-order valence-corrected chi connectivity index (χ4v) is 3.69. The summed E-state index contributed by atoms with van der Waals surface area (Å²) >= 11 is 1.61. The van der Waals surface area contributed by atoms with E-state index in [1.807, 2.05) is 30.5 Å². The third-order valence-electron chi connectivity index (χ3n) is 5.01. The number of carbonyl (C=O) groups excluding carboxylic acids is 4. The largest absolute Gasteiger partial charge is 0.455 e. The molecule has 0 aromatic heterocycles. The van der Waals surface area contributed by atoms with Crippen molar-refractivity contribution in [2.75, 3.05) is 43.7 Å². The van der Waals surface area contributed by atoms with Gasteiger partial charge in [0, 0.05) is 48.9 Å². The number of hydrogen-bond acceptors (Lipinski definition) is 6. The highest BCUT2D eigenvalue weighted by Crippen LogP contribution is 2.27. The standard InChI is InChI=1S/C23H25N3O5S/c1-25(2)22(29)15-4-6-17(7-5-15)24-20(27)14-31-23(30)16-12-21(28)26(13-16)18-8-10-19(32-3)11-9-18/h4-11,16H,12-14H2,1-3H3,(H,24,27)/t16-/m1/s1. The second-order valence-electron chi connectivity index (χ2n) is 7.54. The van der Waals surface area contributed by atoms with Crippen LogP contribution in [0.5, 0.6) is 0 Å². The van der Waals surface area contributed by atoms with Gasteiger partial charge in [0.25, 0.3) is 11.8 Å². The summed E-state index contributed by atoms with van der Waals surface area (Å²) in [4.78, 5) is 52.9. The molecular weight excluding hydrogens is 430 g/mol. The molecule has 2 aromatic carbocycles. The minimum Gasteiger partial charge on any atom is -0.455 e. The van der Waals surface area contributed by atoms with Gasteiger partial charge in [-0.1, -0.05) is 0 Å². The summed E-state index contributed by atoms with van der Waals surface area (Å²) in [5, 5.41) is 2.62. The van der Waals surface area contributed by atoms with Crippen molar-refractivity contribution in [3.8, 4) is 0 Å². The molecule has 3 rings (SSSR count). The average molecular weight is 456 g/mol. The smallest absolute Gasteiger partial charge is 0.311 e. The van der Waals surface area contributed by atoms with Gasteiger partial charge in [-0.25, -0.2) is 0 Å². The number of anilines is 2. The molecular formula is C23H25N3O5S. The van der Waals surface area contributed by atoms with Gasteiger partial charge in [-0.15, -0.1) is 11.8 Å². The van der Waals surface area contributed by atoms with E-state index in [4.69, 9.17) is 4.74 Å². The topological polar surface area (TPSA) is 96.0 Å². The fourth-order valence-electron chi connectivity index (χ4n) is 3.28. The Hall–Kier alpha value is -3.33. The normalized spacial score (nSPS) is 15.4. The van der Waals surface area contributed by atoms with Crippen molar-refractivity contribution in [2.24, 2.45) is 5.92 Å².